The average Bonchev–Trinajstić information content (AvgIpc) is 2.67. The number of halogens is 1. The molecule has 6 heteroatoms. The number of hydrogen-bond acceptors (Lipinski definition) is 5. The van der Waals surface area contributed by atoms with Gasteiger partial charge in [-0.2, -0.15) is 0 Å². The highest BCUT2D eigenvalue weighted by Crippen LogP contribution is 2.69. The summed E-state index contributed by atoms with van der Waals surface area (Å²) in [7, 11) is 0. The van der Waals surface area contributed by atoms with E-state index in [0.717, 1.165) is 12.8 Å². The Morgan fingerprint density at radius 2 is 1.95 bits per heavy atom. The maximum Gasteiger partial charge on any atom is 0.346 e. The first-order valence-corrected chi connectivity index (χ1v) is 7.94. The smallest absolute Gasteiger partial charge is 0.346 e. The van der Waals surface area contributed by atoms with Crippen molar-refractivity contribution in [2.75, 3.05) is 11.9 Å². The molecule has 0 amide bonds. The Bertz CT molecular complexity index is 435. The third-order valence-electron chi connectivity index (χ3n) is 5.56. The van der Waals surface area contributed by atoms with Crippen LogP contribution in [0.3, 0.4) is 0 Å². The van der Waals surface area contributed by atoms with Gasteiger partial charge in [0.2, 0.25) is 5.79 Å². The molecule has 0 aromatic heterocycles. The Balaban J connectivity index is 2.03. The Labute approximate surface area is 127 Å². The molecule has 0 spiro atoms. The summed E-state index contributed by atoms with van der Waals surface area (Å²) in [6.45, 7) is 5.73. The van der Waals surface area contributed by atoms with Crippen LogP contribution in [-0.4, -0.2) is 34.8 Å². The van der Waals surface area contributed by atoms with Crippen molar-refractivity contribution in [1.82, 2.24) is 0 Å². The minimum Gasteiger partial charge on any atom is -0.453 e. The maximum absolute atomic E-state index is 11.8. The van der Waals surface area contributed by atoms with E-state index in [0.29, 0.717) is 12.3 Å². The van der Waals surface area contributed by atoms with Crippen LogP contribution < -0.4 is 0 Å². The fourth-order valence-corrected chi connectivity index (χ4v) is 3.92. The summed E-state index contributed by atoms with van der Waals surface area (Å²) in [5, 5.41) is 10.8. The minimum absolute atomic E-state index is 0.0252. The van der Waals surface area contributed by atoms with E-state index in [1.54, 1.807) is 0 Å². The Morgan fingerprint density at radius 1 is 1.30 bits per heavy atom. The lowest BCUT2D eigenvalue weighted by Crippen LogP contribution is -2.50. The zero-order chi connectivity index (χ0) is 15.2. The third kappa shape index (κ3) is 2.17. The van der Waals surface area contributed by atoms with Gasteiger partial charge in [0.1, 0.15) is 5.33 Å². The molecular weight excluding hydrogens is 328 g/mol. The van der Waals surface area contributed by atoms with Gasteiger partial charge in [-0.3, -0.25) is 4.79 Å². The Hall–Kier alpha value is -0.620. The highest BCUT2D eigenvalue weighted by atomic mass is 79.9. The predicted octanol–water partition coefficient (Wildman–Crippen LogP) is 2.00. The molecule has 0 heterocycles. The molecule has 20 heavy (non-hydrogen) atoms. The number of fused-ring (bicyclic) bond motifs is 2. The second kappa shape index (κ2) is 4.98. The summed E-state index contributed by atoms with van der Waals surface area (Å²) in [5.74, 6) is -2.35. The van der Waals surface area contributed by atoms with Gasteiger partial charge in [0.15, 0.2) is 6.61 Å². The van der Waals surface area contributed by atoms with Crippen LogP contribution in [0.1, 0.15) is 40.0 Å². The van der Waals surface area contributed by atoms with E-state index in [1.807, 2.05) is 6.92 Å². The van der Waals surface area contributed by atoms with Crippen LogP contribution >= 0.6 is 15.9 Å². The lowest BCUT2D eigenvalue weighted by molar-refractivity contribution is -0.262. The number of ether oxygens (including phenoxy) is 2. The summed E-state index contributed by atoms with van der Waals surface area (Å²) in [4.78, 5) is 22.8. The minimum atomic E-state index is -1.46. The largest absolute Gasteiger partial charge is 0.453 e. The summed E-state index contributed by atoms with van der Waals surface area (Å²) in [6, 6.07) is 0. The average molecular weight is 349 g/mol. The molecule has 0 aromatic carbocycles. The van der Waals surface area contributed by atoms with E-state index in [-0.39, 0.29) is 10.7 Å². The quantitative estimate of drug-likeness (QED) is 0.478. The van der Waals surface area contributed by atoms with Gasteiger partial charge in [-0.25, -0.2) is 4.79 Å². The molecule has 3 unspecified atom stereocenters. The first-order chi connectivity index (χ1) is 9.16. The number of rotatable bonds is 4. The molecule has 2 saturated carbocycles. The highest BCUT2D eigenvalue weighted by molar-refractivity contribution is 9.09. The zero-order valence-corrected chi connectivity index (χ0v) is 13.7. The van der Waals surface area contributed by atoms with Crippen molar-refractivity contribution < 1.29 is 24.2 Å². The van der Waals surface area contributed by atoms with E-state index >= 15 is 0 Å². The molecule has 1 N–H and O–H groups in total. The topological polar surface area (TPSA) is 72.8 Å². The molecule has 2 fully saturated rings. The van der Waals surface area contributed by atoms with Gasteiger partial charge in [0.25, 0.3) is 0 Å². The lowest BCUT2D eigenvalue weighted by atomic mass is 9.68. The van der Waals surface area contributed by atoms with Crippen molar-refractivity contribution in [3.05, 3.63) is 0 Å². The number of aliphatic hydroxyl groups is 1. The van der Waals surface area contributed by atoms with Gasteiger partial charge in [-0.1, -0.05) is 36.7 Å². The van der Waals surface area contributed by atoms with Gasteiger partial charge >= 0.3 is 11.9 Å². The van der Waals surface area contributed by atoms with Crippen molar-refractivity contribution in [2.24, 2.45) is 16.7 Å². The fourth-order valence-electron chi connectivity index (χ4n) is 3.76. The molecule has 0 saturated heterocycles. The van der Waals surface area contributed by atoms with Crippen LogP contribution in [0.4, 0.5) is 0 Å². The Morgan fingerprint density at radius 3 is 2.40 bits per heavy atom. The van der Waals surface area contributed by atoms with Crippen LogP contribution in [0, 0.1) is 16.7 Å². The zero-order valence-electron chi connectivity index (χ0n) is 12.1. The van der Waals surface area contributed by atoms with Crippen LogP contribution in [-0.2, 0) is 19.1 Å². The second-order valence-electron chi connectivity index (χ2n) is 6.55. The molecule has 0 radical (unpaired) electrons. The van der Waals surface area contributed by atoms with Crippen LogP contribution in [0.25, 0.3) is 0 Å². The molecule has 0 aliphatic heterocycles. The second-order valence-corrected chi connectivity index (χ2v) is 7.11. The van der Waals surface area contributed by atoms with Crippen molar-refractivity contribution in [3.8, 4) is 0 Å². The van der Waals surface area contributed by atoms with E-state index in [1.165, 1.54) is 0 Å². The normalized spacial score (nSPS) is 37.8. The molecule has 0 aromatic rings. The number of carbonyl (C=O) groups excluding carboxylic acids is 2. The molecule has 2 rings (SSSR count). The number of carbonyl (C=O) groups is 2. The van der Waals surface area contributed by atoms with Crippen LogP contribution in [0.5, 0.6) is 0 Å². The maximum atomic E-state index is 11.8. The van der Waals surface area contributed by atoms with Crippen molar-refractivity contribution in [3.63, 3.8) is 0 Å². The van der Waals surface area contributed by atoms with Crippen LogP contribution in [0.15, 0.2) is 0 Å². The van der Waals surface area contributed by atoms with Gasteiger partial charge in [0.05, 0.1) is 0 Å². The molecule has 3 atom stereocenters. The number of esters is 2. The van der Waals surface area contributed by atoms with Crippen LogP contribution in [0.2, 0.25) is 0 Å². The molecular formula is C14H21BrO5. The number of hydrogen-bond donors (Lipinski definition) is 1. The van der Waals surface area contributed by atoms with Gasteiger partial charge in [-0.15, -0.1) is 0 Å². The SMILES string of the molecule is CC1(C)C2CCC1(C)C(O)(OC(=O)COC(=O)CBr)C2. The van der Waals surface area contributed by atoms with Crippen molar-refractivity contribution in [2.45, 2.75) is 45.8 Å². The predicted molar refractivity (Wildman–Crippen MR) is 75.0 cm³/mol. The molecule has 2 bridgehead atoms. The van der Waals surface area contributed by atoms with E-state index in [9.17, 15) is 14.7 Å². The lowest BCUT2D eigenvalue weighted by Gasteiger charge is -2.43. The molecule has 2 aliphatic rings. The van der Waals surface area contributed by atoms with Gasteiger partial charge in [-0.05, 0) is 24.2 Å². The van der Waals surface area contributed by atoms with Gasteiger partial charge < -0.3 is 14.6 Å². The summed E-state index contributed by atoms with van der Waals surface area (Å²) in [5.41, 5.74) is -0.533. The Kier molecular flexibility index (Phi) is 3.93. The molecule has 2 aliphatic carbocycles. The third-order valence-corrected chi connectivity index (χ3v) is 6.02. The van der Waals surface area contributed by atoms with Crippen molar-refractivity contribution in [1.29, 1.82) is 0 Å². The number of alkyl halides is 1. The standard InChI is InChI=1S/C14H21BrO5/c1-12(2)9-4-5-13(12,3)14(18,6-9)20-11(17)8-19-10(16)7-15/h9,18H,4-8H2,1-3H3. The highest BCUT2D eigenvalue weighted by Gasteiger charge is 2.70. The fraction of sp³-hybridized carbons (Fsp3) is 0.857. The monoisotopic (exact) mass is 348 g/mol. The van der Waals surface area contributed by atoms with E-state index in [4.69, 9.17) is 9.47 Å². The van der Waals surface area contributed by atoms with Crippen molar-refractivity contribution >= 4 is 27.9 Å². The summed E-state index contributed by atoms with van der Waals surface area (Å²) in [6.07, 6.45) is 2.33. The van der Waals surface area contributed by atoms with E-state index in [2.05, 4.69) is 29.8 Å². The summed E-state index contributed by atoms with van der Waals surface area (Å²) >= 11 is 2.94. The summed E-state index contributed by atoms with van der Waals surface area (Å²) < 4.78 is 9.99. The van der Waals surface area contributed by atoms with E-state index < -0.39 is 29.7 Å². The first-order valence-electron chi connectivity index (χ1n) is 6.82. The molecule has 5 nitrogen and oxygen atoms in total. The van der Waals surface area contributed by atoms with Gasteiger partial charge in [0, 0.05) is 11.8 Å². The first kappa shape index (κ1) is 15.8. The molecule has 114 valence electrons.